The van der Waals surface area contributed by atoms with Gasteiger partial charge >= 0.3 is 0 Å². The van der Waals surface area contributed by atoms with Crippen LogP contribution in [0.25, 0.3) is 11.0 Å². The van der Waals surface area contributed by atoms with Crippen LogP contribution in [-0.2, 0) is 13.1 Å². The summed E-state index contributed by atoms with van der Waals surface area (Å²) < 4.78 is 2.21. The van der Waals surface area contributed by atoms with Gasteiger partial charge in [0.05, 0.1) is 0 Å². The molecule has 3 heteroatoms. The number of pyridine rings is 1. The van der Waals surface area contributed by atoms with Gasteiger partial charge in [-0.2, -0.15) is 0 Å². The SMILES string of the molecule is Cc1cc(C)c(Cn2cc(CN)c3cccnc32)c(C)c1. The first-order valence-electron chi connectivity index (χ1n) is 7.29. The van der Waals surface area contributed by atoms with Gasteiger partial charge in [-0.3, -0.25) is 0 Å². The third-order valence-electron chi connectivity index (χ3n) is 4.11. The smallest absolute Gasteiger partial charge is 0.140 e. The normalized spacial score (nSPS) is 11.2. The van der Waals surface area contributed by atoms with Crippen molar-refractivity contribution in [3.63, 3.8) is 0 Å². The third kappa shape index (κ3) is 2.45. The van der Waals surface area contributed by atoms with Crippen molar-refractivity contribution in [3.05, 3.63) is 64.5 Å². The molecule has 3 rings (SSSR count). The van der Waals surface area contributed by atoms with E-state index in [1.165, 1.54) is 22.3 Å². The van der Waals surface area contributed by atoms with Crippen molar-refractivity contribution in [1.82, 2.24) is 9.55 Å². The molecule has 0 saturated heterocycles. The van der Waals surface area contributed by atoms with Crippen molar-refractivity contribution >= 4 is 11.0 Å². The molecule has 108 valence electrons. The zero-order chi connectivity index (χ0) is 15.0. The molecule has 0 amide bonds. The Labute approximate surface area is 125 Å². The van der Waals surface area contributed by atoms with E-state index < -0.39 is 0 Å². The van der Waals surface area contributed by atoms with Gasteiger partial charge in [0.1, 0.15) is 5.65 Å². The molecule has 1 aromatic carbocycles. The number of aromatic nitrogens is 2. The summed E-state index contributed by atoms with van der Waals surface area (Å²) in [5, 5.41) is 1.16. The van der Waals surface area contributed by atoms with E-state index in [4.69, 9.17) is 5.73 Å². The highest BCUT2D eigenvalue weighted by molar-refractivity contribution is 5.80. The number of benzene rings is 1. The van der Waals surface area contributed by atoms with Crippen LogP contribution in [0.5, 0.6) is 0 Å². The van der Waals surface area contributed by atoms with Crippen LogP contribution in [0, 0.1) is 20.8 Å². The first-order chi connectivity index (χ1) is 10.1. The van der Waals surface area contributed by atoms with Crippen molar-refractivity contribution < 1.29 is 0 Å². The Balaban J connectivity index is 2.11. The highest BCUT2D eigenvalue weighted by Crippen LogP contribution is 2.23. The van der Waals surface area contributed by atoms with Gasteiger partial charge in [0, 0.05) is 30.9 Å². The number of rotatable bonds is 3. The van der Waals surface area contributed by atoms with Crippen LogP contribution < -0.4 is 5.73 Å². The van der Waals surface area contributed by atoms with Crippen molar-refractivity contribution in [1.29, 1.82) is 0 Å². The Morgan fingerprint density at radius 2 is 1.86 bits per heavy atom. The second-order valence-electron chi connectivity index (χ2n) is 5.74. The third-order valence-corrected chi connectivity index (χ3v) is 4.11. The van der Waals surface area contributed by atoms with E-state index in [9.17, 15) is 0 Å². The average Bonchev–Trinajstić information content (AvgIpc) is 2.81. The number of hydrogen-bond donors (Lipinski definition) is 1. The molecule has 3 aromatic rings. The Bertz CT molecular complexity index is 776. The minimum Gasteiger partial charge on any atom is -0.328 e. The van der Waals surface area contributed by atoms with Gasteiger partial charge in [-0.15, -0.1) is 0 Å². The lowest BCUT2D eigenvalue weighted by Gasteiger charge is -2.12. The maximum Gasteiger partial charge on any atom is 0.140 e. The predicted octanol–water partition coefficient (Wildman–Crippen LogP) is 3.47. The minimum absolute atomic E-state index is 0.543. The van der Waals surface area contributed by atoms with Gasteiger partial charge < -0.3 is 10.3 Å². The number of aryl methyl sites for hydroxylation is 3. The van der Waals surface area contributed by atoms with E-state index in [0.717, 1.165) is 23.1 Å². The lowest BCUT2D eigenvalue weighted by atomic mass is 10.00. The van der Waals surface area contributed by atoms with Gasteiger partial charge in [-0.1, -0.05) is 17.7 Å². The molecule has 0 aliphatic rings. The van der Waals surface area contributed by atoms with Crippen LogP contribution in [0.15, 0.2) is 36.7 Å². The van der Waals surface area contributed by atoms with Crippen LogP contribution in [0.1, 0.15) is 27.8 Å². The van der Waals surface area contributed by atoms with Gasteiger partial charge in [0.25, 0.3) is 0 Å². The second kappa shape index (κ2) is 5.34. The fourth-order valence-corrected chi connectivity index (χ4v) is 3.11. The molecule has 0 unspecified atom stereocenters. The molecule has 0 fully saturated rings. The van der Waals surface area contributed by atoms with Crippen molar-refractivity contribution in [2.24, 2.45) is 5.73 Å². The average molecular weight is 279 g/mol. The van der Waals surface area contributed by atoms with Crippen LogP contribution in [0.2, 0.25) is 0 Å². The largest absolute Gasteiger partial charge is 0.328 e. The van der Waals surface area contributed by atoms with Gasteiger partial charge in [0.15, 0.2) is 0 Å². The molecule has 2 N–H and O–H groups in total. The monoisotopic (exact) mass is 279 g/mol. The number of fused-ring (bicyclic) bond motifs is 1. The highest BCUT2D eigenvalue weighted by Gasteiger charge is 2.11. The molecule has 0 spiro atoms. The molecular weight excluding hydrogens is 258 g/mol. The predicted molar refractivity (Wildman–Crippen MR) is 87.4 cm³/mol. The van der Waals surface area contributed by atoms with Crippen LogP contribution in [0.4, 0.5) is 0 Å². The Kier molecular flexibility index (Phi) is 3.52. The minimum atomic E-state index is 0.543. The lowest BCUT2D eigenvalue weighted by Crippen LogP contribution is -2.04. The second-order valence-corrected chi connectivity index (χ2v) is 5.74. The Morgan fingerprint density at radius 1 is 1.14 bits per heavy atom. The number of nitrogens with two attached hydrogens (primary N) is 1. The van der Waals surface area contributed by atoms with E-state index in [0.29, 0.717) is 6.54 Å². The molecule has 0 aliphatic carbocycles. The molecule has 0 saturated carbocycles. The quantitative estimate of drug-likeness (QED) is 0.798. The summed E-state index contributed by atoms with van der Waals surface area (Å²) in [7, 11) is 0. The first kappa shape index (κ1) is 13.8. The molecular formula is C18H21N3. The fourth-order valence-electron chi connectivity index (χ4n) is 3.11. The van der Waals surface area contributed by atoms with E-state index >= 15 is 0 Å². The van der Waals surface area contributed by atoms with Gasteiger partial charge in [-0.25, -0.2) is 4.98 Å². The molecule has 0 atom stereocenters. The maximum absolute atomic E-state index is 5.86. The topological polar surface area (TPSA) is 43.8 Å². The summed E-state index contributed by atoms with van der Waals surface area (Å²) in [5.74, 6) is 0. The molecule has 0 radical (unpaired) electrons. The van der Waals surface area contributed by atoms with E-state index in [-0.39, 0.29) is 0 Å². The molecule has 2 heterocycles. The van der Waals surface area contributed by atoms with Crippen LogP contribution in [-0.4, -0.2) is 9.55 Å². The summed E-state index contributed by atoms with van der Waals surface area (Å²) in [5.41, 5.74) is 13.4. The summed E-state index contributed by atoms with van der Waals surface area (Å²) in [4.78, 5) is 4.53. The van der Waals surface area contributed by atoms with Gasteiger partial charge in [-0.05, 0) is 55.2 Å². The lowest BCUT2D eigenvalue weighted by molar-refractivity contribution is 0.807. The summed E-state index contributed by atoms with van der Waals surface area (Å²) >= 11 is 0. The van der Waals surface area contributed by atoms with Crippen molar-refractivity contribution in [2.45, 2.75) is 33.9 Å². The Morgan fingerprint density at radius 3 is 2.52 bits per heavy atom. The summed E-state index contributed by atoms with van der Waals surface area (Å²) in [6.07, 6.45) is 3.98. The zero-order valence-electron chi connectivity index (χ0n) is 12.9. The molecule has 21 heavy (non-hydrogen) atoms. The van der Waals surface area contributed by atoms with E-state index in [2.05, 4.69) is 54.7 Å². The molecule has 0 aliphatic heterocycles. The number of hydrogen-bond acceptors (Lipinski definition) is 2. The molecule has 2 aromatic heterocycles. The van der Waals surface area contributed by atoms with Crippen LogP contribution >= 0.6 is 0 Å². The highest BCUT2D eigenvalue weighted by atomic mass is 15.0. The summed E-state index contributed by atoms with van der Waals surface area (Å²) in [6.45, 7) is 7.88. The van der Waals surface area contributed by atoms with Crippen molar-refractivity contribution in [2.75, 3.05) is 0 Å². The molecule has 3 nitrogen and oxygen atoms in total. The van der Waals surface area contributed by atoms with Gasteiger partial charge in [0.2, 0.25) is 0 Å². The summed E-state index contributed by atoms with van der Waals surface area (Å²) in [6, 6.07) is 8.54. The fraction of sp³-hybridized carbons (Fsp3) is 0.278. The Hall–Kier alpha value is -2.13. The first-order valence-corrected chi connectivity index (χ1v) is 7.29. The zero-order valence-corrected chi connectivity index (χ0v) is 12.9. The number of nitrogens with zero attached hydrogens (tertiary/aromatic N) is 2. The standard InChI is InChI=1S/C18H21N3/c1-12-7-13(2)17(14(3)8-12)11-21-10-15(9-19)16-5-4-6-20-18(16)21/h4-8,10H,9,11,19H2,1-3H3. The molecule has 0 bridgehead atoms. The van der Waals surface area contributed by atoms with E-state index in [1.54, 1.807) is 0 Å². The van der Waals surface area contributed by atoms with Crippen LogP contribution in [0.3, 0.4) is 0 Å². The maximum atomic E-state index is 5.86. The van der Waals surface area contributed by atoms with Crippen molar-refractivity contribution in [3.8, 4) is 0 Å². The van der Waals surface area contributed by atoms with E-state index in [1.807, 2.05) is 12.3 Å².